The van der Waals surface area contributed by atoms with Crippen LogP contribution in [-0.2, 0) is 9.53 Å². The minimum Gasteiger partial charge on any atom is -0.468 e. The lowest BCUT2D eigenvalue weighted by Gasteiger charge is -2.14. The van der Waals surface area contributed by atoms with Gasteiger partial charge in [0.2, 0.25) is 5.95 Å². The molecule has 106 valence electrons. The largest absolute Gasteiger partial charge is 0.468 e. The molecule has 0 bridgehead atoms. The van der Waals surface area contributed by atoms with E-state index in [1.165, 1.54) is 19.4 Å². The maximum Gasteiger partial charge on any atom is 0.316 e. The van der Waals surface area contributed by atoms with Crippen LogP contribution in [-0.4, -0.2) is 23.2 Å². The van der Waals surface area contributed by atoms with Gasteiger partial charge in [-0.3, -0.25) is 4.79 Å². The van der Waals surface area contributed by atoms with Gasteiger partial charge in [0.15, 0.2) is 5.76 Å². The van der Waals surface area contributed by atoms with Crippen molar-refractivity contribution in [2.75, 3.05) is 7.11 Å². The van der Waals surface area contributed by atoms with Crippen molar-refractivity contribution >= 4 is 5.97 Å². The molecule has 0 aliphatic heterocycles. The molecule has 0 fully saturated rings. The first-order valence-corrected chi connectivity index (χ1v) is 6.19. The Kier molecular flexibility index (Phi) is 4.12. The molecule has 6 heteroatoms. The number of esters is 1. The number of methoxy groups -OCH3 is 1. The molecular weight excluding hydrogens is 263 g/mol. The first kappa shape index (κ1) is 14.2. The maximum absolute atomic E-state index is 13.1. The Balaban J connectivity index is 2.34. The van der Waals surface area contributed by atoms with Crippen molar-refractivity contribution in [2.24, 2.45) is 5.92 Å². The molecule has 0 radical (unpaired) electrons. The molecular formula is C14H15FN2O3. The number of carbonyl (C=O) groups is 1. The van der Waals surface area contributed by atoms with Crippen molar-refractivity contribution in [3.8, 4) is 11.3 Å². The third-order valence-electron chi connectivity index (χ3n) is 2.98. The van der Waals surface area contributed by atoms with Crippen molar-refractivity contribution in [1.82, 2.24) is 10.1 Å². The van der Waals surface area contributed by atoms with Crippen LogP contribution in [0.5, 0.6) is 0 Å². The third kappa shape index (κ3) is 2.84. The molecule has 0 saturated heterocycles. The first-order chi connectivity index (χ1) is 9.52. The summed E-state index contributed by atoms with van der Waals surface area (Å²) in [6, 6.07) is 4.49. The smallest absolute Gasteiger partial charge is 0.316 e. The molecule has 5 nitrogen and oxygen atoms in total. The standard InChI is InChI=1S/C14H15FN2O3/c1-8(2)13(14(18)19-3)11-7-10(17-20-11)9-4-5-16-12(15)6-9/h4-8,13H,1-3H3. The number of aromatic nitrogens is 2. The molecule has 1 unspecified atom stereocenters. The van der Waals surface area contributed by atoms with E-state index < -0.39 is 11.9 Å². The summed E-state index contributed by atoms with van der Waals surface area (Å²) in [4.78, 5) is 15.3. The maximum atomic E-state index is 13.1. The first-order valence-electron chi connectivity index (χ1n) is 6.19. The molecule has 2 heterocycles. The van der Waals surface area contributed by atoms with Crippen LogP contribution in [0.3, 0.4) is 0 Å². The molecule has 20 heavy (non-hydrogen) atoms. The van der Waals surface area contributed by atoms with E-state index in [2.05, 4.69) is 10.1 Å². The zero-order valence-electron chi connectivity index (χ0n) is 11.5. The molecule has 0 spiro atoms. The fourth-order valence-electron chi connectivity index (χ4n) is 1.98. The second kappa shape index (κ2) is 5.81. The summed E-state index contributed by atoms with van der Waals surface area (Å²) in [6.45, 7) is 3.77. The van der Waals surface area contributed by atoms with E-state index in [1.807, 2.05) is 13.8 Å². The van der Waals surface area contributed by atoms with Crippen LogP contribution in [0.4, 0.5) is 4.39 Å². The Labute approximate surface area is 115 Å². The summed E-state index contributed by atoms with van der Waals surface area (Å²) in [5.41, 5.74) is 0.996. The summed E-state index contributed by atoms with van der Waals surface area (Å²) in [5, 5.41) is 3.87. The zero-order valence-corrected chi connectivity index (χ0v) is 11.5. The number of ether oxygens (including phenoxy) is 1. The number of rotatable bonds is 4. The average Bonchev–Trinajstić information content (AvgIpc) is 2.87. The van der Waals surface area contributed by atoms with E-state index in [-0.39, 0.29) is 11.9 Å². The van der Waals surface area contributed by atoms with Gasteiger partial charge in [0.1, 0.15) is 11.6 Å². The van der Waals surface area contributed by atoms with Crippen molar-refractivity contribution in [1.29, 1.82) is 0 Å². The summed E-state index contributed by atoms with van der Waals surface area (Å²) < 4.78 is 23.1. The molecule has 2 aromatic rings. The van der Waals surface area contributed by atoms with E-state index in [1.54, 1.807) is 12.1 Å². The fraction of sp³-hybridized carbons (Fsp3) is 0.357. The van der Waals surface area contributed by atoms with Crippen molar-refractivity contribution < 1.29 is 18.4 Å². The van der Waals surface area contributed by atoms with Crippen LogP contribution in [0.2, 0.25) is 0 Å². The van der Waals surface area contributed by atoms with Gasteiger partial charge in [-0.15, -0.1) is 0 Å². The molecule has 0 saturated carbocycles. The van der Waals surface area contributed by atoms with Crippen LogP contribution in [0.15, 0.2) is 28.9 Å². The highest BCUT2D eigenvalue weighted by molar-refractivity contribution is 5.78. The lowest BCUT2D eigenvalue weighted by molar-refractivity contribution is -0.144. The van der Waals surface area contributed by atoms with E-state index in [9.17, 15) is 9.18 Å². The van der Waals surface area contributed by atoms with E-state index >= 15 is 0 Å². The van der Waals surface area contributed by atoms with Gasteiger partial charge >= 0.3 is 5.97 Å². The number of halogens is 1. The lowest BCUT2D eigenvalue weighted by Crippen LogP contribution is -2.19. The molecule has 1 atom stereocenters. The lowest BCUT2D eigenvalue weighted by atomic mass is 9.93. The summed E-state index contributed by atoms with van der Waals surface area (Å²) in [6.07, 6.45) is 1.35. The molecule has 0 aromatic carbocycles. The van der Waals surface area contributed by atoms with E-state index in [0.717, 1.165) is 0 Å². The van der Waals surface area contributed by atoms with Crippen LogP contribution in [0.1, 0.15) is 25.5 Å². The van der Waals surface area contributed by atoms with Gasteiger partial charge < -0.3 is 9.26 Å². The van der Waals surface area contributed by atoms with Gasteiger partial charge in [-0.05, 0) is 12.0 Å². The highest BCUT2D eigenvalue weighted by Gasteiger charge is 2.29. The third-order valence-corrected chi connectivity index (χ3v) is 2.98. The quantitative estimate of drug-likeness (QED) is 0.635. The van der Waals surface area contributed by atoms with Crippen LogP contribution >= 0.6 is 0 Å². The monoisotopic (exact) mass is 278 g/mol. The number of pyridine rings is 1. The fourth-order valence-corrected chi connectivity index (χ4v) is 1.98. The minimum atomic E-state index is -0.597. The van der Waals surface area contributed by atoms with Crippen LogP contribution in [0.25, 0.3) is 11.3 Å². The van der Waals surface area contributed by atoms with Crippen molar-refractivity contribution in [2.45, 2.75) is 19.8 Å². The molecule has 2 rings (SSSR count). The Hall–Kier alpha value is -2.24. The normalized spacial score (nSPS) is 12.4. The number of hydrogen-bond donors (Lipinski definition) is 0. The number of hydrogen-bond acceptors (Lipinski definition) is 5. The van der Waals surface area contributed by atoms with Crippen molar-refractivity contribution in [3.63, 3.8) is 0 Å². The Morgan fingerprint density at radius 3 is 2.75 bits per heavy atom. The second-order valence-electron chi connectivity index (χ2n) is 4.73. The zero-order chi connectivity index (χ0) is 14.7. The Morgan fingerprint density at radius 1 is 1.40 bits per heavy atom. The van der Waals surface area contributed by atoms with Gasteiger partial charge in [-0.1, -0.05) is 19.0 Å². The van der Waals surface area contributed by atoms with Gasteiger partial charge in [0, 0.05) is 23.9 Å². The minimum absolute atomic E-state index is 0.00238. The van der Waals surface area contributed by atoms with Gasteiger partial charge in [-0.25, -0.2) is 4.98 Å². The second-order valence-corrected chi connectivity index (χ2v) is 4.73. The topological polar surface area (TPSA) is 65.2 Å². The SMILES string of the molecule is COC(=O)C(c1cc(-c2ccnc(F)c2)no1)C(C)C. The molecule has 0 N–H and O–H groups in total. The average molecular weight is 278 g/mol. The van der Waals surface area contributed by atoms with E-state index in [4.69, 9.17) is 9.26 Å². The van der Waals surface area contributed by atoms with E-state index in [0.29, 0.717) is 17.0 Å². The van der Waals surface area contributed by atoms with Crippen LogP contribution < -0.4 is 0 Å². The summed E-state index contributed by atoms with van der Waals surface area (Å²) >= 11 is 0. The number of carbonyl (C=O) groups excluding carboxylic acids is 1. The predicted molar refractivity (Wildman–Crippen MR) is 69.3 cm³/mol. The predicted octanol–water partition coefficient (Wildman–Crippen LogP) is 2.79. The molecule has 0 aliphatic carbocycles. The Morgan fingerprint density at radius 2 is 2.15 bits per heavy atom. The highest BCUT2D eigenvalue weighted by atomic mass is 19.1. The van der Waals surface area contributed by atoms with Gasteiger partial charge in [0.25, 0.3) is 0 Å². The summed E-state index contributed by atoms with van der Waals surface area (Å²) in [7, 11) is 1.33. The molecule has 0 amide bonds. The van der Waals surface area contributed by atoms with Crippen LogP contribution in [0, 0.1) is 11.9 Å². The van der Waals surface area contributed by atoms with Gasteiger partial charge in [0.05, 0.1) is 7.11 Å². The summed E-state index contributed by atoms with van der Waals surface area (Å²) in [5.74, 6) is -1.12. The highest BCUT2D eigenvalue weighted by Crippen LogP contribution is 2.29. The van der Waals surface area contributed by atoms with Crippen molar-refractivity contribution in [3.05, 3.63) is 36.1 Å². The Bertz CT molecular complexity index is 610. The van der Waals surface area contributed by atoms with Gasteiger partial charge in [-0.2, -0.15) is 4.39 Å². The number of nitrogens with zero attached hydrogens (tertiary/aromatic N) is 2. The molecule has 2 aromatic heterocycles. The molecule has 0 aliphatic rings.